The number of carbonyl (C=O) groups excluding carboxylic acids is 2. The highest BCUT2D eigenvalue weighted by molar-refractivity contribution is 6.13. The Bertz CT molecular complexity index is 803. The van der Waals surface area contributed by atoms with Gasteiger partial charge in [-0.25, -0.2) is 4.98 Å². The SMILES string of the molecule is NC(=O)c1cn[nH]c1NC(=O)c1c[nH]c2ncccc12. The van der Waals surface area contributed by atoms with E-state index in [9.17, 15) is 9.59 Å². The predicted molar refractivity (Wildman–Crippen MR) is 71.2 cm³/mol. The van der Waals surface area contributed by atoms with Crippen LogP contribution in [0.3, 0.4) is 0 Å². The lowest BCUT2D eigenvalue weighted by atomic mass is 10.2. The maximum Gasteiger partial charge on any atom is 0.259 e. The number of rotatable bonds is 3. The predicted octanol–water partition coefficient (Wildman–Crippen LogP) is 0.637. The number of aromatic nitrogens is 4. The minimum absolute atomic E-state index is 0.122. The zero-order chi connectivity index (χ0) is 14.1. The number of hydrogen-bond acceptors (Lipinski definition) is 4. The standard InChI is InChI=1S/C12H10N6O2/c13-9(19)8-5-16-18-11(8)17-12(20)7-4-15-10-6(7)2-1-3-14-10/h1-5H,(H2,13,19)(H,14,15)(H2,16,17,18,20). The van der Waals surface area contributed by atoms with E-state index in [0.29, 0.717) is 16.6 Å². The third kappa shape index (κ3) is 1.88. The lowest BCUT2D eigenvalue weighted by molar-refractivity contribution is 0.100. The van der Waals surface area contributed by atoms with Crippen LogP contribution >= 0.6 is 0 Å². The van der Waals surface area contributed by atoms with Crippen molar-refractivity contribution in [3.63, 3.8) is 0 Å². The van der Waals surface area contributed by atoms with Crippen LogP contribution in [0.4, 0.5) is 5.82 Å². The molecule has 8 nitrogen and oxygen atoms in total. The van der Waals surface area contributed by atoms with Gasteiger partial charge >= 0.3 is 0 Å². The average Bonchev–Trinajstić information content (AvgIpc) is 3.04. The number of nitrogens with zero attached hydrogens (tertiary/aromatic N) is 2. The van der Waals surface area contributed by atoms with Gasteiger partial charge in [0.2, 0.25) is 0 Å². The first kappa shape index (κ1) is 11.9. The molecule has 0 saturated carbocycles. The molecule has 0 bridgehead atoms. The van der Waals surface area contributed by atoms with E-state index in [4.69, 9.17) is 5.73 Å². The summed E-state index contributed by atoms with van der Waals surface area (Å²) in [5.41, 5.74) is 6.32. The van der Waals surface area contributed by atoms with Crippen molar-refractivity contribution in [2.45, 2.75) is 0 Å². The molecule has 0 spiro atoms. The summed E-state index contributed by atoms with van der Waals surface area (Å²) in [7, 11) is 0. The molecule has 20 heavy (non-hydrogen) atoms. The topological polar surface area (TPSA) is 130 Å². The van der Waals surface area contributed by atoms with E-state index in [1.165, 1.54) is 6.20 Å². The molecule has 3 aromatic rings. The second kappa shape index (κ2) is 4.50. The van der Waals surface area contributed by atoms with Crippen molar-refractivity contribution in [3.05, 3.63) is 41.9 Å². The van der Waals surface area contributed by atoms with Gasteiger partial charge in [-0.15, -0.1) is 0 Å². The van der Waals surface area contributed by atoms with E-state index >= 15 is 0 Å². The van der Waals surface area contributed by atoms with Gasteiger partial charge in [0.15, 0.2) is 0 Å². The number of fused-ring (bicyclic) bond motifs is 1. The molecule has 0 unspecified atom stereocenters. The summed E-state index contributed by atoms with van der Waals surface area (Å²) in [5, 5.41) is 9.44. The van der Waals surface area contributed by atoms with E-state index < -0.39 is 11.8 Å². The zero-order valence-electron chi connectivity index (χ0n) is 10.2. The number of nitrogens with two attached hydrogens (primary N) is 1. The monoisotopic (exact) mass is 270 g/mol. The Morgan fingerprint density at radius 2 is 2.15 bits per heavy atom. The van der Waals surface area contributed by atoms with E-state index in [1.807, 2.05) is 0 Å². The fraction of sp³-hybridized carbons (Fsp3) is 0. The first-order valence-electron chi connectivity index (χ1n) is 5.73. The normalized spacial score (nSPS) is 10.6. The van der Waals surface area contributed by atoms with Crippen molar-refractivity contribution >= 4 is 28.7 Å². The second-order valence-corrected chi connectivity index (χ2v) is 4.08. The average molecular weight is 270 g/mol. The van der Waals surface area contributed by atoms with Crippen molar-refractivity contribution in [3.8, 4) is 0 Å². The van der Waals surface area contributed by atoms with E-state index in [1.54, 1.807) is 24.5 Å². The highest BCUT2D eigenvalue weighted by Crippen LogP contribution is 2.18. The molecule has 0 fully saturated rings. The number of hydrogen-bond donors (Lipinski definition) is 4. The number of H-pyrrole nitrogens is 2. The highest BCUT2D eigenvalue weighted by atomic mass is 16.2. The van der Waals surface area contributed by atoms with Crippen LogP contribution in [0.2, 0.25) is 0 Å². The molecule has 100 valence electrons. The summed E-state index contributed by atoms with van der Waals surface area (Å²) in [6.07, 6.45) is 4.43. The maximum atomic E-state index is 12.2. The van der Waals surface area contributed by atoms with Gasteiger partial charge in [0, 0.05) is 17.8 Å². The van der Waals surface area contributed by atoms with E-state index in [2.05, 4.69) is 25.5 Å². The lowest BCUT2D eigenvalue weighted by Gasteiger charge is -2.02. The molecule has 0 saturated heterocycles. The molecule has 3 aromatic heterocycles. The summed E-state index contributed by atoms with van der Waals surface area (Å²) < 4.78 is 0. The first-order valence-corrected chi connectivity index (χ1v) is 5.73. The van der Waals surface area contributed by atoms with Crippen LogP contribution in [0.5, 0.6) is 0 Å². The van der Waals surface area contributed by atoms with Crippen LogP contribution in [-0.2, 0) is 0 Å². The molecule has 0 aromatic carbocycles. The fourth-order valence-electron chi connectivity index (χ4n) is 1.89. The molecule has 0 atom stereocenters. The molecule has 0 aliphatic rings. The molecule has 2 amide bonds. The van der Waals surface area contributed by atoms with Gasteiger partial charge in [-0.05, 0) is 12.1 Å². The second-order valence-electron chi connectivity index (χ2n) is 4.08. The Balaban J connectivity index is 1.93. The molecule has 0 radical (unpaired) electrons. The summed E-state index contributed by atoms with van der Waals surface area (Å²) in [6.45, 7) is 0. The largest absolute Gasteiger partial charge is 0.365 e. The zero-order valence-corrected chi connectivity index (χ0v) is 10.2. The van der Waals surface area contributed by atoms with Gasteiger partial charge in [-0.3, -0.25) is 14.7 Å². The maximum absolute atomic E-state index is 12.2. The van der Waals surface area contributed by atoms with Gasteiger partial charge in [0.1, 0.15) is 17.0 Å². The fourth-order valence-corrected chi connectivity index (χ4v) is 1.89. The van der Waals surface area contributed by atoms with Crippen molar-refractivity contribution in [2.24, 2.45) is 5.73 Å². The number of carbonyl (C=O) groups is 2. The number of aromatic amines is 2. The van der Waals surface area contributed by atoms with Gasteiger partial charge in [0.25, 0.3) is 11.8 Å². The Kier molecular flexibility index (Phi) is 2.68. The molecule has 3 heterocycles. The number of nitrogens with one attached hydrogen (secondary N) is 3. The first-order chi connectivity index (χ1) is 9.66. The Morgan fingerprint density at radius 1 is 1.30 bits per heavy atom. The van der Waals surface area contributed by atoms with Crippen LogP contribution in [-0.4, -0.2) is 32.0 Å². The summed E-state index contributed by atoms with van der Waals surface area (Å²) in [6, 6.07) is 3.51. The molecular weight excluding hydrogens is 260 g/mol. The number of anilines is 1. The molecule has 8 heteroatoms. The van der Waals surface area contributed by atoms with Crippen LogP contribution < -0.4 is 11.1 Å². The smallest absolute Gasteiger partial charge is 0.259 e. The number of amides is 2. The third-order valence-electron chi connectivity index (χ3n) is 2.84. The van der Waals surface area contributed by atoms with Crippen LogP contribution in [0, 0.1) is 0 Å². The van der Waals surface area contributed by atoms with Gasteiger partial charge in [-0.1, -0.05) is 0 Å². The van der Waals surface area contributed by atoms with Crippen LogP contribution in [0.15, 0.2) is 30.7 Å². The van der Waals surface area contributed by atoms with Crippen LogP contribution in [0.1, 0.15) is 20.7 Å². The Hall–Kier alpha value is -3.16. The number of primary amides is 1. The quantitative estimate of drug-likeness (QED) is 0.556. The van der Waals surface area contributed by atoms with Crippen LogP contribution in [0.25, 0.3) is 11.0 Å². The van der Waals surface area contributed by atoms with E-state index in [-0.39, 0.29) is 11.4 Å². The summed E-state index contributed by atoms with van der Waals surface area (Å²) in [4.78, 5) is 30.4. The van der Waals surface area contributed by atoms with Crippen molar-refractivity contribution in [2.75, 3.05) is 5.32 Å². The summed E-state index contributed by atoms with van der Waals surface area (Å²) in [5.74, 6) is -0.897. The van der Waals surface area contributed by atoms with E-state index in [0.717, 1.165) is 0 Å². The third-order valence-corrected chi connectivity index (χ3v) is 2.84. The minimum Gasteiger partial charge on any atom is -0.365 e. The van der Waals surface area contributed by atoms with Gasteiger partial charge < -0.3 is 16.0 Å². The van der Waals surface area contributed by atoms with Gasteiger partial charge in [0.05, 0.1) is 11.8 Å². The minimum atomic E-state index is -0.672. The van der Waals surface area contributed by atoms with Crippen molar-refractivity contribution < 1.29 is 9.59 Å². The van der Waals surface area contributed by atoms with Crippen molar-refractivity contribution in [1.82, 2.24) is 20.2 Å². The van der Waals surface area contributed by atoms with Crippen molar-refractivity contribution in [1.29, 1.82) is 0 Å². The van der Waals surface area contributed by atoms with Gasteiger partial charge in [-0.2, -0.15) is 5.10 Å². The molecule has 0 aliphatic heterocycles. The Morgan fingerprint density at radius 3 is 2.95 bits per heavy atom. The Labute approximate surface area is 112 Å². The number of pyridine rings is 1. The molecule has 0 aliphatic carbocycles. The summed E-state index contributed by atoms with van der Waals surface area (Å²) >= 11 is 0. The molecule has 3 rings (SSSR count). The molecular formula is C12H10N6O2. The lowest BCUT2D eigenvalue weighted by Crippen LogP contribution is -2.17. The molecule has 5 N–H and O–H groups in total. The highest BCUT2D eigenvalue weighted by Gasteiger charge is 2.17.